The molecule has 0 saturated heterocycles. The highest BCUT2D eigenvalue weighted by Gasteiger charge is 2.09. The number of nitrogens with zero attached hydrogens (tertiary/aromatic N) is 1. The number of ether oxygens (including phenoxy) is 1. The summed E-state index contributed by atoms with van der Waals surface area (Å²) in [6, 6.07) is 14.2. The number of aromatic nitrogens is 1. The second kappa shape index (κ2) is 6.10. The van der Waals surface area contributed by atoms with Crippen LogP contribution < -0.4 is 4.74 Å². The van der Waals surface area contributed by atoms with E-state index in [0.717, 1.165) is 30.1 Å². The van der Waals surface area contributed by atoms with Crippen molar-refractivity contribution >= 4 is 49.3 Å². The Hall–Kier alpha value is -1.14. The molecule has 0 N–H and O–H groups in total. The van der Waals surface area contributed by atoms with Gasteiger partial charge < -0.3 is 4.74 Å². The first-order valence-electron chi connectivity index (χ1n) is 6.14. The van der Waals surface area contributed by atoms with E-state index in [9.17, 15) is 0 Å². The second-order valence-electron chi connectivity index (χ2n) is 4.36. The number of benzene rings is 2. The molecular formula is C16H11BrINO. The van der Waals surface area contributed by atoms with E-state index < -0.39 is 0 Å². The highest BCUT2D eigenvalue weighted by atomic mass is 127. The number of pyridine rings is 1. The van der Waals surface area contributed by atoms with Crippen molar-refractivity contribution in [1.29, 1.82) is 0 Å². The third-order valence-corrected chi connectivity index (χ3v) is 4.53. The van der Waals surface area contributed by atoms with Crippen LogP contribution in [0.5, 0.6) is 5.75 Å². The van der Waals surface area contributed by atoms with Crippen LogP contribution in [0.4, 0.5) is 0 Å². The zero-order chi connectivity index (χ0) is 13.9. The van der Waals surface area contributed by atoms with Gasteiger partial charge in [0.15, 0.2) is 0 Å². The molecule has 2 nitrogen and oxygen atoms in total. The van der Waals surface area contributed by atoms with E-state index >= 15 is 0 Å². The fourth-order valence-corrected chi connectivity index (χ4v) is 3.19. The molecule has 0 saturated carbocycles. The van der Waals surface area contributed by atoms with Crippen molar-refractivity contribution in [2.75, 3.05) is 0 Å². The molecule has 3 aromatic rings. The Morgan fingerprint density at radius 3 is 2.65 bits per heavy atom. The van der Waals surface area contributed by atoms with Gasteiger partial charge in [-0.1, -0.05) is 46.3 Å². The van der Waals surface area contributed by atoms with Gasteiger partial charge in [-0.2, -0.15) is 0 Å². The molecule has 0 unspecified atom stereocenters. The van der Waals surface area contributed by atoms with E-state index in [-0.39, 0.29) is 0 Å². The van der Waals surface area contributed by atoms with Crippen molar-refractivity contribution < 1.29 is 4.74 Å². The highest BCUT2D eigenvalue weighted by Crippen LogP contribution is 2.34. The van der Waals surface area contributed by atoms with Crippen LogP contribution in [0.3, 0.4) is 0 Å². The molecule has 3 rings (SSSR count). The number of rotatable bonds is 3. The molecule has 0 fully saturated rings. The Morgan fingerprint density at radius 1 is 1.05 bits per heavy atom. The maximum absolute atomic E-state index is 5.99. The molecule has 0 amide bonds. The summed E-state index contributed by atoms with van der Waals surface area (Å²) in [4.78, 5) is 4.24. The summed E-state index contributed by atoms with van der Waals surface area (Å²) in [5.74, 6) is 0.888. The smallest absolute Gasteiger partial charge is 0.128 e. The lowest BCUT2D eigenvalue weighted by Gasteiger charge is -2.11. The van der Waals surface area contributed by atoms with Gasteiger partial charge in [0.2, 0.25) is 0 Å². The zero-order valence-electron chi connectivity index (χ0n) is 10.5. The van der Waals surface area contributed by atoms with Crippen molar-refractivity contribution in [2.45, 2.75) is 6.61 Å². The lowest BCUT2D eigenvalue weighted by molar-refractivity contribution is 0.310. The predicted octanol–water partition coefficient (Wildman–Crippen LogP) is 5.18. The van der Waals surface area contributed by atoms with Gasteiger partial charge in [-0.15, -0.1) is 0 Å². The van der Waals surface area contributed by atoms with Gasteiger partial charge in [0.05, 0.1) is 0 Å². The van der Waals surface area contributed by atoms with Gasteiger partial charge in [-0.25, -0.2) is 0 Å². The molecule has 0 aliphatic carbocycles. The number of hydrogen-bond acceptors (Lipinski definition) is 2. The van der Waals surface area contributed by atoms with E-state index in [1.54, 1.807) is 0 Å². The molecular weight excluding hydrogens is 429 g/mol. The molecule has 0 radical (unpaired) electrons. The summed E-state index contributed by atoms with van der Waals surface area (Å²) in [6.45, 7) is 0.565. The van der Waals surface area contributed by atoms with Crippen LogP contribution in [-0.4, -0.2) is 4.98 Å². The van der Waals surface area contributed by atoms with Crippen LogP contribution in [0.1, 0.15) is 5.56 Å². The summed E-state index contributed by atoms with van der Waals surface area (Å²) >= 11 is 5.85. The van der Waals surface area contributed by atoms with Crippen molar-refractivity contribution in [3.63, 3.8) is 0 Å². The minimum absolute atomic E-state index is 0.565. The lowest BCUT2D eigenvalue weighted by Crippen LogP contribution is -1.97. The molecule has 100 valence electrons. The first-order valence-corrected chi connectivity index (χ1v) is 8.01. The second-order valence-corrected chi connectivity index (χ2v) is 6.38. The Balaban J connectivity index is 1.98. The van der Waals surface area contributed by atoms with Gasteiger partial charge in [-0.3, -0.25) is 4.98 Å². The average Bonchev–Trinajstić information content (AvgIpc) is 2.48. The molecule has 0 atom stereocenters. The Morgan fingerprint density at radius 2 is 1.85 bits per heavy atom. The van der Waals surface area contributed by atoms with Crippen LogP contribution in [0.15, 0.2) is 59.3 Å². The first-order chi connectivity index (χ1) is 9.75. The van der Waals surface area contributed by atoms with Gasteiger partial charge in [0.1, 0.15) is 12.4 Å². The minimum Gasteiger partial charge on any atom is -0.488 e. The van der Waals surface area contributed by atoms with E-state index in [4.69, 9.17) is 4.74 Å². The molecule has 0 aliphatic rings. The SMILES string of the molecule is Brc1ccc(OCc2ccccc2)c2c(I)cncc12. The van der Waals surface area contributed by atoms with Crippen LogP contribution in [-0.2, 0) is 6.61 Å². The maximum Gasteiger partial charge on any atom is 0.128 e. The first kappa shape index (κ1) is 13.8. The highest BCUT2D eigenvalue weighted by molar-refractivity contribution is 14.1. The normalized spacial score (nSPS) is 10.7. The summed E-state index contributed by atoms with van der Waals surface area (Å²) in [6.07, 6.45) is 3.71. The predicted molar refractivity (Wildman–Crippen MR) is 92.9 cm³/mol. The van der Waals surface area contributed by atoms with Crippen molar-refractivity contribution in [1.82, 2.24) is 4.98 Å². The van der Waals surface area contributed by atoms with Crippen LogP contribution in [0, 0.1) is 3.57 Å². The maximum atomic E-state index is 5.99. The third kappa shape index (κ3) is 2.81. The minimum atomic E-state index is 0.565. The lowest BCUT2D eigenvalue weighted by atomic mass is 10.1. The molecule has 1 heterocycles. The summed E-state index contributed by atoms with van der Waals surface area (Å²) in [5.41, 5.74) is 1.16. The van der Waals surface area contributed by atoms with Gasteiger partial charge in [0, 0.05) is 31.2 Å². The summed E-state index contributed by atoms with van der Waals surface area (Å²) < 4.78 is 8.11. The Labute approximate surface area is 139 Å². The molecule has 4 heteroatoms. The van der Waals surface area contributed by atoms with Crippen molar-refractivity contribution in [3.05, 3.63) is 68.5 Å². The summed E-state index contributed by atoms with van der Waals surface area (Å²) in [5, 5.41) is 2.17. The fourth-order valence-electron chi connectivity index (χ4n) is 2.04. The molecule has 20 heavy (non-hydrogen) atoms. The van der Waals surface area contributed by atoms with Gasteiger partial charge in [-0.05, 0) is 40.3 Å². The largest absolute Gasteiger partial charge is 0.488 e. The van der Waals surface area contributed by atoms with Crippen molar-refractivity contribution in [2.24, 2.45) is 0 Å². The van der Waals surface area contributed by atoms with Gasteiger partial charge in [0.25, 0.3) is 0 Å². The summed E-state index contributed by atoms with van der Waals surface area (Å²) in [7, 11) is 0. The molecule has 0 aliphatic heterocycles. The Bertz CT molecular complexity index is 746. The average molecular weight is 440 g/mol. The topological polar surface area (TPSA) is 22.1 Å². The molecule has 2 aromatic carbocycles. The van der Waals surface area contributed by atoms with E-state index in [1.807, 2.05) is 42.7 Å². The van der Waals surface area contributed by atoms with Crippen molar-refractivity contribution in [3.8, 4) is 5.75 Å². The standard InChI is InChI=1S/C16H11BrINO/c17-13-6-7-15(16-12(13)8-19-9-14(16)18)20-10-11-4-2-1-3-5-11/h1-9H,10H2. The number of fused-ring (bicyclic) bond motifs is 1. The van der Waals surface area contributed by atoms with Crippen LogP contribution in [0.2, 0.25) is 0 Å². The quantitative estimate of drug-likeness (QED) is 0.524. The molecule has 0 spiro atoms. The van der Waals surface area contributed by atoms with Crippen LogP contribution >= 0.6 is 38.5 Å². The van der Waals surface area contributed by atoms with E-state index in [0.29, 0.717) is 6.61 Å². The molecule has 1 aromatic heterocycles. The van der Waals surface area contributed by atoms with Gasteiger partial charge >= 0.3 is 0 Å². The van der Waals surface area contributed by atoms with E-state index in [1.165, 1.54) is 0 Å². The Kier molecular flexibility index (Phi) is 4.21. The number of hydrogen-bond donors (Lipinski definition) is 0. The zero-order valence-corrected chi connectivity index (χ0v) is 14.3. The van der Waals surface area contributed by atoms with E-state index in [2.05, 4.69) is 55.6 Å². The monoisotopic (exact) mass is 439 g/mol. The fraction of sp³-hybridized carbons (Fsp3) is 0.0625. The number of halogens is 2. The third-order valence-electron chi connectivity index (χ3n) is 3.02. The molecule has 0 bridgehead atoms. The van der Waals surface area contributed by atoms with Crippen LogP contribution in [0.25, 0.3) is 10.8 Å².